The van der Waals surface area contributed by atoms with Crippen LogP contribution < -0.4 is 18.9 Å². The average Bonchev–Trinajstić information content (AvgIpc) is 2.74. The maximum atomic E-state index is 13.6. The number of rotatable bonds is 11. The standard InChI is InChI=1S/C24H30O6/c1-7-16(15(4)25)18-13-21(29-8-2)22(30-9-3)14-19(18)23(26)17-11-10-12-20(27-5)24(17)28-6/h10-14,16H,7-9H2,1-6H3. The van der Waals surface area contributed by atoms with Crippen molar-refractivity contribution in [3.63, 3.8) is 0 Å². The second kappa shape index (κ2) is 10.7. The van der Waals surface area contributed by atoms with Gasteiger partial charge in [0.05, 0.1) is 33.0 Å². The van der Waals surface area contributed by atoms with Crippen LogP contribution in [-0.4, -0.2) is 39.0 Å². The topological polar surface area (TPSA) is 71.1 Å². The number of hydrogen-bond acceptors (Lipinski definition) is 6. The third kappa shape index (κ3) is 4.75. The van der Waals surface area contributed by atoms with Crippen LogP contribution in [0.3, 0.4) is 0 Å². The molecule has 0 radical (unpaired) electrons. The minimum Gasteiger partial charge on any atom is -0.493 e. The summed E-state index contributed by atoms with van der Waals surface area (Å²) in [5, 5.41) is 0. The Balaban J connectivity index is 2.77. The molecule has 0 aliphatic rings. The monoisotopic (exact) mass is 414 g/mol. The Labute approximate surface area is 178 Å². The number of para-hydroxylation sites is 1. The molecule has 0 spiro atoms. The molecule has 2 aromatic carbocycles. The molecule has 1 atom stereocenters. The molecule has 1 unspecified atom stereocenters. The van der Waals surface area contributed by atoms with Gasteiger partial charge in [0.1, 0.15) is 5.78 Å². The lowest BCUT2D eigenvalue weighted by Gasteiger charge is -2.21. The Kier molecular flexibility index (Phi) is 8.27. The van der Waals surface area contributed by atoms with Gasteiger partial charge in [-0.2, -0.15) is 0 Å². The highest BCUT2D eigenvalue weighted by molar-refractivity contribution is 6.13. The van der Waals surface area contributed by atoms with Crippen molar-refractivity contribution in [2.75, 3.05) is 27.4 Å². The predicted octanol–water partition coefficient (Wildman–Crippen LogP) is 4.81. The van der Waals surface area contributed by atoms with E-state index in [1.165, 1.54) is 21.1 Å². The first-order valence-corrected chi connectivity index (χ1v) is 10.1. The lowest BCUT2D eigenvalue weighted by atomic mass is 9.86. The third-order valence-corrected chi connectivity index (χ3v) is 4.88. The molecule has 0 bridgehead atoms. The van der Waals surface area contributed by atoms with E-state index in [9.17, 15) is 9.59 Å². The molecule has 6 nitrogen and oxygen atoms in total. The molecular formula is C24H30O6. The lowest BCUT2D eigenvalue weighted by molar-refractivity contribution is -0.118. The summed E-state index contributed by atoms with van der Waals surface area (Å²) in [6, 6.07) is 8.55. The van der Waals surface area contributed by atoms with Crippen molar-refractivity contribution in [2.24, 2.45) is 0 Å². The van der Waals surface area contributed by atoms with E-state index < -0.39 is 5.92 Å². The first-order chi connectivity index (χ1) is 14.4. The molecule has 162 valence electrons. The van der Waals surface area contributed by atoms with Crippen LogP contribution in [0.2, 0.25) is 0 Å². The Bertz CT molecular complexity index is 903. The van der Waals surface area contributed by atoms with Crippen LogP contribution in [0.15, 0.2) is 30.3 Å². The van der Waals surface area contributed by atoms with Gasteiger partial charge < -0.3 is 18.9 Å². The number of hydrogen-bond donors (Lipinski definition) is 0. The van der Waals surface area contributed by atoms with E-state index in [1.807, 2.05) is 20.8 Å². The van der Waals surface area contributed by atoms with Gasteiger partial charge in [-0.1, -0.05) is 13.0 Å². The highest BCUT2D eigenvalue weighted by Crippen LogP contribution is 2.39. The summed E-state index contributed by atoms with van der Waals surface area (Å²) in [5.41, 5.74) is 1.35. The Morgan fingerprint density at radius 3 is 2.00 bits per heavy atom. The van der Waals surface area contributed by atoms with Gasteiger partial charge in [-0.3, -0.25) is 9.59 Å². The molecule has 2 rings (SSSR count). The van der Waals surface area contributed by atoms with Gasteiger partial charge in [-0.05, 0) is 57.0 Å². The maximum absolute atomic E-state index is 13.6. The van der Waals surface area contributed by atoms with Gasteiger partial charge in [0.2, 0.25) is 0 Å². The summed E-state index contributed by atoms with van der Waals surface area (Å²) in [4.78, 5) is 26.0. The van der Waals surface area contributed by atoms with E-state index in [2.05, 4.69) is 0 Å². The second-order valence-corrected chi connectivity index (χ2v) is 6.69. The SMILES string of the molecule is CCOc1cc(C(=O)c2cccc(OC)c2OC)c(C(CC)C(C)=O)cc1OCC. The van der Waals surface area contributed by atoms with Crippen molar-refractivity contribution in [2.45, 2.75) is 40.0 Å². The fourth-order valence-corrected chi connectivity index (χ4v) is 3.53. The van der Waals surface area contributed by atoms with Crippen molar-refractivity contribution in [1.82, 2.24) is 0 Å². The van der Waals surface area contributed by atoms with Gasteiger partial charge in [-0.25, -0.2) is 0 Å². The minimum absolute atomic E-state index is 0.0178. The first kappa shape index (κ1) is 23.3. The van der Waals surface area contributed by atoms with Gasteiger partial charge >= 0.3 is 0 Å². The van der Waals surface area contributed by atoms with Crippen molar-refractivity contribution >= 4 is 11.6 Å². The fraction of sp³-hybridized carbons (Fsp3) is 0.417. The van der Waals surface area contributed by atoms with Crippen LogP contribution in [0, 0.1) is 0 Å². The number of methoxy groups -OCH3 is 2. The summed E-state index contributed by atoms with van der Waals surface area (Å²) in [5.74, 6) is 1.06. The Morgan fingerprint density at radius 1 is 0.867 bits per heavy atom. The molecule has 0 N–H and O–H groups in total. The quantitative estimate of drug-likeness (QED) is 0.491. The smallest absolute Gasteiger partial charge is 0.197 e. The molecular weight excluding hydrogens is 384 g/mol. The Morgan fingerprint density at radius 2 is 1.50 bits per heavy atom. The largest absolute Gasteiger partial charge is 0.493 e. The summed E-state index contributed by atoms with van der Waals surface area (Å²) >= 11 is 0. The van der Waals surface area contributed by atoms with Crippen molar-refractivity contribution in [1.29, 1.82) is 0 Å². The Hall–Kier alpha value is -3.02. The zero-order valence-corrected chi connectivity index (χ0v) is 18.5. The van der Waals surface area contributed by atoms with Crippen LogP contribution in [-0.2, 0) is 4.79 Å². The lowest BCUT2D eigenvalue weighted by Crippen LogP contribution is -2.16. The van der Waals surface area contributed by atoms with E-state index >= 15 is 0 Å². The number of Topliss-reactive ketones (excluding diaryl/α,β-unsaturated/α-hetero) is 1. The number of benzene rings is 2. The van der Waals surface area contributed by atoms with Crippen LogP contribution in [0.4, 0.5) is 0 Å². The number of carbonyl (C=O) groups excluding carboxylic acids is 2. The second-order valence-electron chi connectivity index (χ2n) is 6.69. The van der Waals surface area contributed by atoms with Crippen LogP contribution in [0.25, 0.3) is 0 Å². The van der Waals surface area contributed by atoms with Crippen molar-refractivity contribution in [3.05, 3.63) is 47.0 Å². The predicted molar refractivity (Wildman–Crippen MR) is 115 cm³/mol. The van der Waals surface area contributed by atoms with E-state index in [0.29, 0.717) is 59.3 Å². The normalized spacial score (nSPS) is 11.5. The van der Waals surface area contributed by atoms with Crippen LogP contribution >= 0.6 is 0 Å². The average molecular weight is 414 g/mol. The minimum atomic E-state index is -0.435. The maximum Gasteiger partial charge on any atom is 0.197 e. The summed E-state index contributed by atoms with van der Waals surface area (Å²) in [6.07, 6.45) is 0.560. The molecule has 0 amide bonds. The first-order valence-electron chi connectivity index (χ1n) is 10.1. The van der Waals surface area contributed by atoms with Crippen LogP contribution in [0.5, 0.6) is 23.0 Å². The van der Waals surface area contributed by atoms with E-state index in [4.69, 9.17) is 18.9 Å². The zero-order chi connectivity index (χ0) is 22.3. The summed E-state index contributed by atoms with van der Waals surface area (Å²) < 4.78 is 22.3. The zero-order valence-electron chi connectivity index (χ0n) is 18.5. The molecule has 2 aromatic rings. The van der Waals surface area contributed by atoms with E-state index in [1.54, 1.807) is 30.3 Å². The van der Waals surface area contributed by atoms with E-state index in [0.717, 1.165) is 0 Å². The molecule has 0 heterocycles. The van der Waals surface area contributed by atoms with Crippen LogP contribution in [0.1, 0.15) is 61.5 Å². The molecule has 30 heavy (non-hydrogen) atoms. The fourth-order valence-electron chi connectivity index (χ4n) is 3.53. The molecule has 0 aliphatic carbocycles. The van der Waals surface area contributed by atoms with Crippen molar-refractivity contribution in [3.8, 4) is 23.0 Å². The number of ether oxygens (including phenoxy) is 4. The van der Waals surface area contributed by atoms with Gasteiger partial charge in [0.15, 0.2) is 28.8 Å². The molecule has 0 saturated heterocycles. The third-order valence-electron chi connectivity index (χ3n) is 4.88. The summed E-state index contributed by atoms with van der Waals surface area (Å²) in [7, 11) is 3.01. The van der Waals surface area contributed by atoms with Gasteiger partial charge in [0, 0.05) is 11.5 Å². The van der Waals surface area contributed by atoms with Gasteiger partial charge in [0.25, 0.3) is 0 Å². The van der Waals surface area contributed by atoms with Crippen molar-refractivity contribution < 1.29 is 28.5 Å². The van der Waals surface area contributed by atoms with Gasteiger partial charge in [-0.15, -0.1) is 0 Å². The number of ketones is 2. The molecule has 0 aliphatic heterocycles. The molecule has 0 fully saturated rings. The number of carbonyl (C=O) groups is 2. The molecule has 0 saturated carbocycles. The summed E-state index contributed by atoms with van der Waals surface area (Å²) in [6.45, 7) is 8.04. The van der Waals surface area contributed by atoms with E-state index in [-0.39, 0.29) is 11.6 Å². The molecule has 0 aromatic heterocycles. The highest BCUT2D eigenvalue weighted by atomic mass is 16.5. The molecule has 6 heteroatoms. The highest BCUT2D eigenvalue weighted by Gasteiger charge is 2.27.